The van der Waals surface area contributed by atoms with Crippen LogP contribution < -0.4 is 4.74 Å². The molecule has 0 saturated carbocycles. The van der Waals surface area contributed by atoms with Crippen LogP contribution in [0.25, 0.3) is 28.0 Å². The second kappa shape index (κ2) is 7.84. The van der Waals surface area contributed by atoms with E-state index in [0.717, 1.165) is 49.7 Å². The first-order valence-corrected chi connectivity index (χ1v) is 12.6. The average Bonchev–Trinajstić information content (AvgIpc) is 3.16. The maximum Gasteiger partial charge on any atom is 0.178 e. The lowest BCUT2D eigenvalue weighted by Gasteiger charge is -2.38. The van der Waals surface area contributed by atoms with Crippen LogP contribution in [0.4, 0.5) is 13.2 Å². The fraction of sp³-hybridized carbons (Fsp3) is 0.118. The van der Waals surface area contributed by atoms with Gasteiger partial charge in [0.1, 0.15) is 23.2 Å². The van der Waals surface area contributed by atoms with E-state index in [1.165, 1.54) is 30.3 Å². The van der Waals surface area contributed by atoms with Gasteiger partial charge in [-0.15, -0.1) is 0 Å². The first kappa shape index (κ1) is 22.9. The van der Waals surface area contributed by atoms with Crippen LogP contribution in [0.1, 0.15) is 41.7 Å². The zero-order chi connectivity index (χ0) is 26.2. The van der Waals surface area contributed by atoms with Crippen molar-refractivity contribution in [1.82, 2.24) is 0 Å². The van der Waals surface area contributed by atoms with Crippen molar-refractivity contribution in [2.45, 2.75) is 24.9 Å². The van der Waals surface area contributed by atoms with Crippen LogP contribution in [0, 0.1) is 17.5 Å². The molecule has 0 N–H and O–H groups in total. The summed E-state index contributed by atoms with van der Waals surface area (Å²) in [6, 6.07) is 25.5. The Bertz CT molecular complexity index is 1740. The summed E-state index contributed by atoms with van der Waals surface area (Å²) < 4.78 is 49.3. The van der Waals surface area contributed by atoms with Gasteiger partial charge in [-0.3, -0.25) is 0 Å². The first-order valence-electron chi connectivity index (χ1n) is 12.6. The molecule has 0 radical (unpaired) electrons. The maximum atomic E-state index is 14.4. The summed E-state index contributed by atoms with van der Waals surface area (Å²) in [5.74, 6) is -0.269. The second-order valence-corrected chi connectivity index (χ2v) is 10.5. The van der Waals surface area contributed by atoms with Crippen molar-refractivity contribution in [3.05, 3.63) is 142 Å². The Hall–Kier alpha value is -4.31. The lowest BCUT2D eigenvalue weighted by Crippen LogP contribution is -2.35. The summed E-state index contributed by atoms with van der Waals surface area (Å²) in [6.45, 7) is 4.23. The SMILES string of the molecule is CC1(C)c2cc(F)ccc2-c2c1c1c(c3ccccc23)OC(c2ccc(F)cc2)(c2ccc(F)cc2)C=C1. The number of rotatable bonds is 2. The Morgan fingerprint density at radius 1 is 0.658 bits per heavy atom. The van der Waals surface area contributed by atoms with Gasteiger partial charge in [-0.25, -0.2) is 13.2 Å². The van der Waals surface area contributed by atoms with Gasteiger partial charge < -0.3 is 4.74 Å². The van der Waals surface area contributed by atoms with Crippen LogP contribution >= 0.6 is 0 Å². The second-order valence-electron chi connectivity index (χ2n) is 10.5. The minimum atomic E-state index is -1.10. The van der Waals surface area contributed by atoms with E-state index in [-0.39, 0.29) is 17.5 Å². The fourth-order valence-electron chi connectivity index (χ4n) is 6.28. The zero-order valence-corrected chi connectivity index (χ0v) is 20.9. The molecule has 0 bridgehead atoms. The number of hydrogen-bond acceptors (Lipinski definition) is 1. The number of fused-ring (bicyclic) bond motifs is 8. The molecule has 0 spiro atoms. The molecule has 1 aliphatic heterocycles. The molecule has 5 aromatic rings. The van der Waals surface area contributed by atoms with Crippen molar-refractivity contribution >= 4 is 16.8 Å². The molecule has 7 rings (SSSR count). The summed E-state index contributed by atoms with van der Waals surface area (Å²) in [5.41, 5.74) is 4.93. The largest absolute Gasteiger partial charge is 0.472 e. The summed E-state index contributed by atoms with van der Waals surface area (Å²) in [4.78, 5) is 0. The van der Waals surface area contributed by atoms with E-state index in [1.807, 2.05) is 30.3 Å². The van der Waals surface area contributed by atoms with Crippen LogP contribution in [-0.4, -0.2) is 0 Å². The number of halogens is 3. The van der Waals surface area contributed by atoms with Gasteiger partial charge in [-0.1, -0.05) is 74.5 Å². The maximum absolute atomic E-state index is 14.4. The standard InChI is InChI=1S/C34H23F3O/c1-33(2)29-19-24(37)15-16-27(29)30-25-5-3-4-6-26(25)32-28(31(30)33)17-18-34(38-32,20-7-11-22(35)12-8-20)21-9-13-23(36)14-10-21/h3-19H,1-2H3. The topological polar surface area (TPSA) is 9.23 Å². The fourth-order valence-corrected chi connectivity index (χ4v) is 6.28. The van der Waals surface area contributed by atoms with Crippen molar-refractivity contribution in [2.75, 3.05) is 0 Å². The van der Waals surface area contributed by atoms with E-state index in [4.69, 9.17) is 4.74 Å². The quantitative estimate of drug-likeness (QED) is 0.233. The Kier molecular flexibility index (Phi) is 4.72. The van der Waals surface area contributed by atoms with E-state index in [0.29, 0.717) is 5.75 Å². The third kappa shape index (κ3) is 3.06. The highest BCUT2D eigenvalue weighted by molar-refractivity contribution is 6.08. The van der Waals surface area contributed by atoms with Gasteiger partial charge in [0.05, 0.1) is 0 Å². The Morgan fingerprint density at radius 2 is 1.24 bits per heavy atom. The Morgan fingerprint density at radius 3 is 1.87 bits per heavy atom. The number of benzene rings is 5. The average molecular weight is 505 g/mol. The number of ether oxygens (including phenoxy) is 1. The van der Waals surface area contributed by atoms with E-state index in [2.05, 4.69) is 26.0 Å². The molecule has 0 aromatic heterocycles. The monoisotopic (exact) mass is 504 g/mol. The van der Waals surface area contributed by atoms with Gasteiger partial charge >= 0.3 is 0 Å². The Labute approximate surface area is 218 Å². The Balaban J connectivity index is 1.55. The third-order valence-corrected chi connectivity index (χ3v) is 8.05. The summed E-state index contributed by atoms with van der Waals surface area (Å²) >= 11 is 0. The van der Waals surface area contributed by atoms with Crippen LogP contribution in [-0.2, 0) is 11.0 Å². The van der Waals surface area contributed by atoms with Crippen molar-refractivity contribution in [1.29, 1.82) is 0 Å². The van der Waals surface area contributed by atoms with E-state index in [9.17, 15) is 13.2 Å². The summed E-state index contributed by atoms with van der Waals surface area (Å²) in [6.07, 6.45) is 4.02. The van der Waals surface area contributed by atoms with E-state index >= 15 is 0 Å². The highest BCUT2D eigenvalue weighted by atomic mass is 19.1. The van der Waals surface area contributed by atoms with Gasteiger partial charge in [0.2, 0.25) is 0 Å². The highest BCUT2D eigenvalue weighted by Crippen LogP contribution is 2.58. The molecule has 0 unspecified atom stereocenters. The molecule has 5 aromatic carbocycles. The van der Waals surface area contributed by atoms with E-state index in [1.54, 1.807) is 30.3 Å². The highest BCUT2D eigenvalue weighted by Gasteiger charge is 2.44. The lowest BCUT2D eigenvalue weighted by molar-refractivity contribution is 0.163. The van der Waals surface area contributed by atoms with Crippen molar-refractivity contribution in [2.24, 2.45) is 0 Å². The van der Waals surface area contributed by atoms with Crippen LogP contribution in [0.3, 0.4) is 0 Å². The van der Waals surface area contributed by atoms with Gasteiger partial charge in [0, 0.05) is 27.5 Å². The van der Waals surface area contributed by atoms with Crippen LogP contribution in [0.2, 0.25) is 0 Å². The normalized spacial score (nSPS) is 16.0. The van der Waals surface area contributed by atoms with Crippen LogP contribution in [0.5, 0.6) is 5.75 Å². The predicted octanol–water partition coefficient (Wildman–Crippen LogP) is 8.91. The van der Waals surface area contributed by atoms with Crippen LogP contribution in [0.15, 0.2) is 97.1 Å². The summed E-state index contributed by atoms with van der Waals surface area (Å²) in [5, 5.41) is 1.94. The molecule has 0 amide bonds. The minimum absolute atomic E-state index is 0.263. The van der Waals surface area contributed by atoms with Gasteiger partial charge in [0.25, 0.3) is 0 Å². The molecule has 1 heterocycles. The molecular formula is C34H23F3O. The van der Waals surface area contributed by atoms with Gasteiger partial charge in [0.15, 0.2) is 5.60 Å². The molecule has 1 aliphatic carbocycles. The molecule has 2 aliphatic rings. The predicted molar refractivity (Wildman–Crippen MR) is 145 cm³/mol. The van der Waals surface area contributed by atoms with Crippen molar-refractivity contribution < 1.29 is 17.9 Å². The van der Waals surface area contributed by atoms with Crippen molar-refractivity contribution in [3.8, 4) is 16.9 Å². The number of hydrogen-bond donors (Lipinski definition) is 0. The molecule has 0 atom stereocenters. The summed E-state index contributed by atoms with van der Waals surface area (Å²) in [7, 11) is 0. The molecule has 0 fully saturated rings. The third-order valence-electron chi connectivity index (χ3n) is 8.05. The minimum Gasteiger partial charge on any atom is -0.472 e. The molecule has 1 nitrogen and oxygen atoms in total. The first-order chi connectivity index (χ1) is 18.3. The zero-order valence-electron chi connectivity index (χ0n) is 20.9. The smallest absolute Gasteiger partial charge is 0.178 e. The molecule has 0 saturated heterocycles. The van der Waals surface area contributed by atoms with E-state index < -0.39 is 11.0 Å². The lowest BCUT2D eigenvalue weighted by atomic mass is 9.77. The molecule has 38 heavy (non-hydrogen) atoms. The van der Waals surface area contributed by atoms with Gasteiger partial charge in [-0.05, 0) is 70.1 Å². The molecule has 4 heteroatoms. The molecule has 186 valence electrons. The van der Waals surface area contributed by atoms with Gasteiger partial charge in [-0.2, -0.15) is 0 Å². The molecular weight excluding hydrogens is 481 g/mol. The van der Waals surface area contributed by atoms with Crippen molar-refractivity contribution in [3.63, 3.8) is 0 Å².